The van der Waals surface area contributed by atoms with Crippen molar-refractivity contribution in [2.75, 3.05) is 20.1 Å². The molecule has 0 unspecified atom stereocenters. The standard InChI is InChI=1S/C20H24F2N4O2/c1-14-8-9-17(28-19(21)22)16(12-14)13-26-20(23-2)25-11-10-24-18(27)15-6-4-3-5-7-15/h3-9,12,19H,10-11,13H2,1-2H3,(H,24,27)(H2,23,25,26). The van der Waals surface area contributed by atoms with E-state index in [0.717, 1.165) is 5.56 Å². The highest BCUT2D eigenvalue weighted by Crippen LogP contribution is 2.21. The van der Waals surface area contributed by atoms with Crippen LogP contribution in [-0.4, -0.2) is 38.6 Å². The first-order chi connectivity index (χ1) is 13.5. The summed E-state index contributed by atoms with van der Waals surface area (Å²) in [6, 6.07) is 13.9. The van der Waals surface area contributed by atoms with Crippen LogP contribution in [-0.2, 0) is 6.54 Å². The van der Waals surface area contributed by atoms with Crippen molar-refractivity contribution in [3.8, 4) is 5.75 Å². The average molecular weight is 390 g/mol. The Hall–Kier alpha value is -3.16. The number of amides is 1. The number of benzene rings is 2. The van der Waals surface area contributed by atoms with E-state index in [9.17, 15) is 13.6 Å². The maximum atomic E-state index is 12.5. The molecule has 0 bridgehead atoms. The normalized spacial score (nSPS) is 11.2. The summed E-state index contributed by atoms with van der Waals surface area (Å²) in [6.45, 7) is 0.107. The van der Waals surface area contributed by atoms with E-state index in [4.69, 9.17) is 0 Å². The lowest BCUT2D eigenvalue weighted by atomic mass is 10.1. The van der Waals surface area contributed by atoms with Gasteiger partial charge in [-0.05, 0) is 25.1 Å². The number of rotatable bonds is 8. The zero-order valence-electron chi connectivity index (χ0n) is 15.8. The van der Waals surface area contributed by atoms with Gasteiger partial charge in [0.05, 0.1) is 0 Å². The molecular weight excluding hydrogens is 366 g/mol. The highest BCUT2D eigenvalue weighted by atomic mass is 19.3. The second-order valence-corrected chi connectivity index (χ2v) is 5.96. The van der Waals surface area contributed by atoms with E-state index in [0.29, 0.717) is 30.2 Å². The molecule has 3 N–H and O–H groups in total. The van der Waals surface area contributed by atoms with E-state index in [1.165, 1.54) is 6.07 Å². The van der Waals surface area contributed by atoms with Crippen molar-refractivity contribution in [2.24, 2.45) is 4.99 Å². The summed E-state index contributed by atoms with van der Waals surface area (Å²) in [4.78, 5) is 16.1. The van der Waals surface area contributed by atoms with Gasteiger partial charge in [-0.25, -0.2) is 0 Å². The minimum Gasteiger partial charge on any atom is -0.434 e. The SMILES string of the molecule is CN=C(NCCNC(=O)c1ccccc1)NCc1cc(C)ccc1OC(F)F. The molecule has 0 aliphatic carbocycles. The zero-order chi connectivity index (χ0) is 20.4. The van der Waals surface area contributed by atoms with Crippen molar-refractivity contribution in [3.05, 3.63) is 65.2 Å². The van der Waals surface area contributed by atoms with Crippen molar-refractivity contribution in [2.45, 2.75) is 20.1 Å². The van der Waals surface area contributed by atoms with Gasteiger partial charge in [0.1, 0.15) is 5.75 Å². The zero-order valence-corrected chi connectivity index (χ0v) is 15.8. The minimum absolute atomic E-state index is 0.124. The largest absolute Gasteiger partial charge is 0.434 e. The van der Waals surface area contributed by atoms with Gasteiger partial charge in [0.2, 0.25) is 0 Å². The quantitative estimate of drug-likeness (QED) is 0.368. The first-order valence-corrected chi connectivity index (χ1v) is 8.81. The van der Waals surface area contributed by atoms with Gasteiger partial charge in [-0.2, -0.15) is 8.78 Å². The maximum absolute atomic E-state index is 12.5. The van der Waals surface area contributed by atoms with Crippen LogP contribution in [0.4, 0.5) is 8.78 Å². The first kappa shape index (κ1) is 21.1. The monoisotopic (exact) mass is 390 g/mol. The predicted octanol–water partition coefficient (Wildman–Crippen LogP) is 2.69. The van der Waals surface area contributed by atoms with Crippen LogP contribution in [0.1, 0.15) is 21.5 Å². The van der Waals surface area contributed by atoms with Crippen LogP contribution in [0.2, 0.25) is 0 Å². The molecule has 1 amide bonds. The van der Waals surface area contributed by atoms with E-state index in [1.54, 1.807) is 43.4 Å². The van der Waals surface area contributed by atoms with Crippen LogP contribution >= 0.6 is 0 Å². The third-order valence-corrected chi connectivity index (χ3v) is 3.84. The van der Waals surface area contributed by atoms with Crippen molar-refractivity contribution in [1.82, 2.24) is 16.0 Å². The molecule has 2 aromatic rings. The maximum Gasteiger partial charge on any atom is 0.387 e. The molecule has 0 spiro atoms. The Morgan fingerprint density at radius 1 is 1.07 bits per heavy atom. The van der Waals surface area contributed by atoms with E-state index in [2.05, 4.69) is 25.7 Å². The molecule has 28 heavy (non-hydrogen) atoms. The molecule has 2 aromatic carbocycles. The number of halogens is 2. The van der Waals surface area contributed by atoms with E-state index >= 15 is 0 Å². The summed E-state index contributed by atoms with van der Waals surface area (Å²) in [5.74, 6) is 0.455. The van der Waals surface area contributed by atoms with Gasteiger partial charge >= 0.3 is 6.61 Å². The fourth-order valence-electron chi connectivity index (χ4n) is 2.51. The van der Waals surface area contributed by atoms with E-state index in [-0.39, 0.29) is 18.2 Å². The number of hydrogen-bond donors (Lipinski definition) is 3. The first-order valence-electron chi connectivity index (χ1n) is 8.81. The lowest BCUT2D eigenvalue weighted by molar-refractivity contribution is -0.0504. The van der Waals surface area contributed by atoms with Gasteiger partial charge < -0.3 is 20.7 Å². The number of nitrogens with one attached hydrogen (secondary N) is 3. The molecule has 0 aliphatic rings. The summed E-state index contributed by atoms with van der Waals surface area (Å²) in [5, 5.41) is 8.91. The van der Waals surface area contributed by atoms with Gasteiger partial charge in [-0.1, -0.05) is 35.9 Å². The van der Waals surface area contributed by atoms with Gasteiger partial charge in [0.25, 0.3) is 5.91 Å². The summed E-state index contributed by atoms with van der Waals surface area (Å²) in [5.41, 5.74) is 2.13. The Balaban J connectivity index is 1.80. The number of ether oxygens (including phenoxy) is 1. The molecule has 0 heterocycles. The summed E-state index contributed by atoms with van der Waals surface area (Å²) >= 11 is 0. The molecule has 0 aromatic heterocycles. The van der Waals surface area contributed by atoms with Crippen molar-refractivity contribution < 1.29 is 18.3 Å². The number of aryl methyl sites for hydroxylation is 1. The minimum atomic E-state index is -2.88. The summed E-state index contributed by atoms with van der Waals surface area (Å²) in [6.07, 6.45) is 0. The molecule has 0 saturated heterocycles. The molecule has 6 nitrogen and oxygen atoms in total. The van der Waals surface area contributed by atoms with E-state index in [1.807, 2.05) is 13.0 Å². The fraction of sp³-hybridized carbons (Fsp3) is 0.300. The lowest BCUT2D eigenvalue weighted by Crippen LogP contribution is -2.41. The number of carbonyl (C=O) groups is 1. The third kappa shape index (κ3) is 6.86. The Labute approximate surface area is 163 Å². The fourth-order valence-corrected chi connectivity index (χ4v) is 2.51. The summed E-state index contributed by atoms with van der Waals surface area (Å²) < 4.78 is 29.6. The Kier molecular flexibility index (Phi) is 8.20. The second-order valence-electron chi connectivity index (χ2n) is 5.96. The number of alkyl halides is 2. The number of guanidine groups is 1. The highest BCUT2D eigenvalue weighted by Gasteiger charge is 2.10. The van der Waals surface area contributed by atoms with Crippen molar-refractivity contribution in [1.29, 1.82) is 0 Å². The number of carbonyl (C=O) groups excluding carboxylic acids is 1. The van der Waals surface area contributed by atoms with Crippen LogP contribution in [0.5, 0.6) is 5.75 Å². The topological polar surface area (TPSA) is 74.8 Å². The molecule has 0 aliphatic heterocycles. The molecular formula is C20H24F2N4O2. The Morgan fingerprint density at radius 3 is 2.46 bits per heavy atom. The van der Waals surface area contributed by atoms with Gasteiger partial charge in [-0.3, -0.25) is 9.79 Å². The molecule has 8 heteroatoms. The number of nitrogens with zero attached hydrogens (tertiary/aromatic N) is 1. The van der Waals surface area contributed by atoms with Gasteiger partial charge in [-0.15, -0.1) is 0 Å². The molecule has 0 radical (unpaired) electrons. The van der Waals surface area contributed by atoms with Crippen LogP contribution in [0.25, 0.3) is 0 Å². The second kappa shape index (κ2) is 10.9. The summed E-state index contributed by atoms with van der Waals surface area (Å²) in [7, 11) is 1.60. The van der Waals surface area contributed by atoms with Crippen LogP contribution in [0.3, 0.4) is 0 Å². The Morgan fingerprint density at radius 2 is 1.79 bits per heavy atom. The predicted molar refractivity (Wildman–Crippen MR) is 105 cm³/mol. The van der Waals surface area contributed by atoms with E-state index < -0.39 is 6.61 Å². The molecule has 2 rings (SSSR count). The average Bonchev–Trinajstić information content (AvgIpc) is 2.69. The number of aliphatic imine (C=N–C) groups is 1. The van der Waals surface area contributed by atoms with Crippen molar-refractivity contribution >= 4 is 11.9 Å². The lowest BCUT2D eigenvalue weighted by Gasteiger charge is -2.15. The third-order valence-electron chi connectivity index (χ3n) is 3.84. The number of hydrogen-bond acceptors (Lipinski definition) is 3. The molecule has 0 saturated carbocycles. The smallest absolute Gasteiger partial charge is 0.387 e. The Bertz CT molecular complexity index is 798. The molecule has 0 fully saturated rings. The highest BCUT2D eigenvalue weighted by molar-refractivity contribution is 5.94. The van der Waals surface area contributed by atoms with Crippen molar-refractivity contribution in [3.63, 3.8) is 0 Å². The van der Waals surface area contributed by atoms with Gasteiger partial charge in [0.15, 0.2) is 5.96 Å². The molecule has 0 atom stereocenters. The van der Waals surface area contributed by atoms with Crippen LogP contribution in [0.15, 0.2) is 53.5 Å². The van der Waals surface area contributed by atoms with Crippen LogP contribution in [0, 0.1) is 6.92 Å². The van der Waals surface area contributed by atoms with Crippen LogP contribution < -0.4 is 20.7 Å². The van der Waals surface area contributed by atoms with Gasteiger partial charge in [0, 0.05) is 37.8 Å². The molecule has 150 valence electrons.